The number of ether oxygens (including phenoxy) is 2. The number of hydrogen-bond acceptors (Lipinski definition) is 6. The van der Waals surface area contributed by atoms with E-state index in [1.807, 2.05) is 0 Å². The third-order valence-electron chi connectivity index (χ3n) is 6.20. The Hall–Kier alpha value is -4.36. The van der Waals surface area contributed by atoms with Crippen molar-refractivity contribution in [3.63, 3.8) is 0 Å². The van der Waals surface area contributed by atoms with Gasteiger partial charge in [0, 0.05) is 42.2 Å². The fourth-order valence-corrected chi connectivity index (χ4v) is 3.90. The molecule has 3 aromatic rings. The first-order valence-corrected chi connectivity index (χ1v) is 12.6. The summed E-state index contributed by atoms with van der Waals surface area (Å²) in [6.45, 7) is 4.31. The number of nitrogens with zero attached hydrogens (tertiary/aromatic N) is 2. The Labute approximate surface area is 237 Å². The number of carbonyl (C=O) groups is 1. The predicted molar refractivity (Wildman–Crippen MR) is 141 cm³/mol. The third kappa shape index (κ3) is 8.82. The number of hydrogen-bond donors (Lipinski definition) is 3. The summed E-state index contributed by atoms with van der Waals surface area (Å²) in [7, 11) is 0. The molecular weight excluding hydrogens is 568 g/mol. The van der Waals surface area contributed by atoms with Gasteiger partial charge in [0.05, 0.1) is 11.1 Å². The van der Waals surface area contributed by atoms with Gasteiger partial charge >= 0.3 is 12.4 Å². The van der Waals surface area contributed by atoms with Crippen molar-refractivity contribution in [1.29, 1.82) is 5.41 Å². The van der Waals surface area contributed by atoms with Crippen molar-refractivity contribution < 1.29 is 40.6 Å². The normalized spacial score (nSPS) is 13.6. The summed E-state index contributed by atoms with van der Waals surface area (Å²) in [4.78, 5) is 21.3. The highest BCUT2D eigenvalue weighted by atomic mass is 19.4. The molecule has 0 radical (unpaired) electrons. The summed E-state index contributed by atoms with van der Waals surface area (Å²) in [5.74, 6) is -1.28. The van der Waals surface area contributed by atoms with Crippen molar-refractivity contribution in [2.24, 2.45) is 5.73 Å². The molecular formula is C28H29F6N5O3. The molecule has 0 bridgehead atoms. The van der Waals surface area contributed by atoms with Gasteiger partial charge in [-0.2, -0.15) is 26.3 Å². The number of benzene rings is 1. The number of carbonyl (C=O) groups excluding carboxylic acids is 1. The van der Waals surface area contributed by atoms with E-state index in [1.165, 1.54) is 32.2 Å². The SMILES string of the molecule is CC(NC(=O)C(C)(C)Oc1ccc(C(F)(F)F)cn1)C(Cc1ccc(C(F)(F)F)cc1)c1cc(OCC(=N)N)ccn1. The molecule has 2 atom stereocenters. The highest BCUT2D eigenvalue weighted by Gasteiger charge is 2.35. The smallest absolute Gasteiger partial charge is 0.417 e. The second kappa shape index (κ2) is 12.7. The van der Waals surface area contributed by atoms with Crippen LogP contribution in [0.5, 0.6) is 11.6 Å². The fraction of sp³-hybridized carbons (Fsp3) is 0.357. The van der Waals surface area contributed by atoms with Crippen LogP contribution in [-0.4, -0.2) is 40.0 Å². The van der Waals surface area contributed by atoms with Gasteiger partial charge in [-0.05, 0) is 57.0 Å². The quantitative estimate of drug-likeness (QED) is 0.152. The molecule has 226 valence electrons. The van der Waals surface area contributed by atoms with Gasteiger partial charge in [0.2, 0.25) is 5.88 Å². The lowest BCUT2D eigenvalue weighted by molar-refractivity contribution is -0.138. The molecule has 1 aromatic carbocycles. The molecule has 0 saturated heterocycles. The Morgan fingerprint density at radius 1 is 0.976 bits per heavy atom. The van der Waals surface area contributed by atoms with Crippen LogP contribution in [0.25, 0.3) is 0 Å². The predicted octanol–water partition coefficient (Wildman–Crippen LogP) is 5.52. The van der Waals surface area contributed by atoms with E-state index >= 15 is 0 Å². The lowest BCUT2D eigenvalue weighted by atomic mass is 9.88. The molecule has 0 saturated carbocycles. The van der Waals surface area contributed by atoms with Crippen molar-refractivity contribution in [3.05, 3.63) is 83.3 Å². The molecule has 3 rings (SSSR count). The van der Waals surface area contributed by atoms with Crippen LogP contribution in [0, 0.1) is 5.41 Å². The number of pyridine rings is 2. The van der Waals surface area contributed by atoms with E-state index < -0.39 is 46.9 Å². The van der Waals surface area contributed by atoms with Crippen molar-refractivity contribution in [2.45, 2.75) is 57.1 Å². The molecule has 0 spiro atoms. The van der Waals surface area contributed by atoms with Gasteiger partial charge in [-0.3, -0.25) is 15.2 Å². The Kier molecular flexibility index (Phi) is 9.69. The molecule has 0 aliphatic rings. The molecule has 2 heterocycles. The van der Waals surface area contributed by atoms with Crippen molar-refractivity contribution in [3.8, 4) is 11.6 Å². The highest BCUT2D eigenvalue weighted by molar-refractivity contribution is 5.85. The van der Waals surface area contributed by atoms with Gasteiger partial charge in [-0.1, -0.05) is 12.1 Å². The van der Waals surface area contributed by atoms with E-state index in [0.717, 1.165) is 24.3 Å². The van der Waals surface area contributed by atoms with Crippen LogP contribution in [0.4, 0.5) is 26.3 Å². The Morgan fingerprint density at radius 3 is 2.14 bits per heavy atom. The maximum absolute atomic E-state index is 13.2. The first-order valence-electron chi connectivity index (χ1n) is 12.6. The lowest BCUT2D eigenvalue weighted by Gasteiger charge is -2.30. The number of aromatic nitrogens is 2. The third-order valence-corrected chi connectivity index (χ3v) is 6.20. The van der Waals surface area contributed by atoms with Gasteiger partial charge < -0.3 is 20.5 Å². The molecule has 0 aliphatic heterocycles. The Balaban J connectivity index is 1.83. The second-order valence-electron chi connectivity index (χ2n) is 9.99. The Morgan fingerprint density at radius 2 is 1.60 bits per heavy atom. The monoisotopic (exact) mass is 597 g/mol. The van der Waals surface area contributed by atoms with Crippen LogP contribution in [0.3, 0.4) is 0 Å². The average Bonchev–Trinajstić information content (AvgIpc) is 2.90. The molecule has 42 heavy (non-hydrogen) atoms. The number of rotatable bonds is 11. The van der Waals surface area contributed by atoms with E-state index in [-0.39, 0.29) is 24.7 Å². The van der Waals surface area contributed by atoms with Crippen LogP contribution in [0.1, 0.15) is 49.1 Å². The minimum Gasteiger partial charge on any atom is -0.486 e. The molecule has 0 fully saturated rings. The first-order chi connectivity index (χ1) is 19.5. The van der Waals surface area contributed by atoms with Crippen LogP contribution >= 0.6 is 0 Å². The lowest BCUT2D eigenvalue weighted by Crippen LogP contribution is -2.51. The minimum absolute atomic E-state index is 0.171. The second-order valence-corrected chi connectivity index (χ2v) is 9.99. The first kappa shape index (κ1) is 32.2. The van der Waals surface area contributed by atoms with Gasteiger partial charge in [-0.15, -0.1) is 0 Å². The standard InChI is InChI=1S/C28H29F6N5O3/c1-16(39-25(40)26(2,3)42-24-9-8-19(14-38-24)28(32,33)34)21(12-17-4-6-18(7-5-17)27(29,30)31)22-13-20(10-11-37-22)41-15-23(35)36/h4-11,13-14,16,21H,12,15H2,1-3H3,(H3,35,36)(H,39,40). The zero-order valence-electron chi connectivity index (χ0n) is 22.8. The summed E-state index contributed by atoms with van der Waals surface area (Å²) in [5, 5.41) is 10.2. The number of nitrogens with one attached hydrogen (secondary N) is 2. The van der Waals surface area contributed by atoms with Gasteiger partial charge in [-0.25, -0.2) is 4.98 Å². The Bertz CT molecular complexity index is 1380. The van der Waals surface area contributed by atoms with Crippen molar-refractivity contribution >= 4 is 11.7 Å². The van der Waals surface area contributed by atoms with E-state index in [9.17, 15) is 31.1 Å². The largest absolute Gasteiger partial charge is 0.486 e. The van der Waals surface area contributed by atoms with Gasteiger partial charge in [0.25, 0.3) is 5.91 Å². The van der Waals surface area contributed by atoms with Crippen LogP contribution < -0.4 is 20.5 Å². The van der Waals surface area contributed by atoms with Crippen LogP contribution in [-0.2, 0) is 23.6 Å². The maximum Gasteiger partial charge on any atom is 0.417 e. The van der Waals surface area contributed by atoms with Gasteiger partial charge in [0.15, 0.2) is 5.60 Å². The molecule has 14 heteroatoms. The molecule has 2 unspecified atom stereocenters. The average molecular weight is 598 g/mol. The van der Waals surface area contributed by atoms with E-state index in [0.29, 0.717) is 23.2 Å². The topological polar surface area (TPSA) is 123 Å². The summed E-state index contributed by atoms with van der Waals surface area (Å²) in [6, 6.07) is 8.84. The number of nitrogens with two attached hydrogens (primary N) is 1. The minimum atomic E-state index is -4.58. The van der Waals surface area contributed by atoms with Gasteiger partial charge in [0.1, 0.15) is 18.2 Å². The number of alkyl halides is 6. The molecule has 4 N–H and O–H groups in total. The van der Waals surface area contributed by atoms with Crippen LogP contribution in [0.2, 0.25) is 0 Å². The van der Waals surface area contributed by atoms with E-state index in [1.54, 1.807) is 19.1 Å². The summed E-state index contributed by atoms with van der Waals surface area (Å²) in [6.07, 6.45) is -6.87. The zero-order valence-corrected chi connectivity index (χ0v) is 22.8. The number of amidine groups is 1. The number of halogens is 6. The molecule has 8 nitrogen and oxygen atoms in total. The highest BCUT2D eigenvalue weighted by Crippen LogP contribution is 2.32. The van der Waals surface area contributed by atoms with Crippen LogP contribution in [0.15, 0.2) is 60.9 Å². The van der Waals surface area contributed by atoms with E-state index in [2.05, 4.69) is 15.3 Å². The summed E-state index contributed by atoms with van der Waals surface area (Å²) >= 11 is 0. The maximum atomic E-state index is 13.2. The fourth-order valence-electron chi connectivity index (χ4n) is 3.90. The van der Waals surface area contributed by atoms with Crippen molar-refractivity contribution in [2.75, 3.05) is 6.61 Å². The molecule has 1 amide bonds. The van der Waals surface area contributed by atoms with E-state index in [4.69, 9.17) is 20.6 Å². The van der Waals surface area contributed by atoms with Crippen molar-refractivity contribution in [1.82, 2.24) is 15.3 Å². The summed E-state index contributed by atoms with van der Waals surface area (Å²) < 4.78 is 88.8. The summed E-state index contributed by atoms with van der Waals surface area (Å²) in [5.41, 5.74) is 2.98. The molecule has 2 aromatic heterocycles. The number of amides is 1. The zero-order chi connectivity index (χ0) is 31.3. The molecule has 0 aliphatic carbocycles.